The lowest BCUT2D eigenvalue weighted by molar-refractivity contribution is -0.107. The van der Waals surface area contributed by atoms with Gasteiger partial charge in [-0.1, -0.05) is 6.08 Å². The number of hydrogen-bond donors (Lipinski definition) is 0. The maximum Gasteiger partial charge on any atom is 0.244 e. The van der Waals surface area contributed by atoms with Gasteiger partial charge in [0.2, 0.25) is 5.24 Å². The van der Waals surface area contributed by atoms with Crippen LogP contribution in [-0.4, -0.2) is 11.1 Å². The molecule has 3 heteroatoms. The van der Waals surface area contributed by atoms with Gasteiger partial charge < -0.3 is 0 Å². The molecule has 0 saturated heterocycles. The minimum atomic E-state index is -0.449. The Kier molecular flexibility index (Phi) is 5.13. The van der Waals surface area contributed by atoms with Crippen LogP contribution in [0.15, 0.2) is 12.2 Å². The molecule has 0 aliphatic heterocycles. The van der Waals surface area contributed by atoms with Gasteiger partial charge in [-0.25, -0.2) is 0 Å². The second kappa shape index (κ2) is 5.13. The lowest BCUT2D eigenvalue weighted by atomic mass is 10.4. The fraction of sp³-hybridized carbons (Fsp3) is 0.400. The van der Waals surface area contributed by atoms with Crippen LogP contribution in [0.2, 0.25) is 0 Å². The molecule has 0 fully saturated rings. The summed E-state index contributed by atoms with van der Waals surface area (Å²) in [6, 6.07) is 0. The topological polar surface area (TPSA) is 17.1 Å². The van der Waals surface area contributed by atoms with Gasteiger partial charge in [-0.2, -0.15) is 0 Å². The van der Waals surface area contributed by atoms with E-state index < -0.39 is 5.24 Å². The van der Waals surface area contributed by atoms with Crippen LogP contribution in [0.5, 0.6) is 0 Å². The SMILES string of the molecule is O=C(Cl)C=CCCCl. The molecule has 0 rings (SSSR count). The zero-order chi connectivity index (χ0) is 6.41. The largest absolute Gasteiger partial charge is 0.276 e. The predicted molar refractivity (Wildman–Crippen MR) is 35.3 cm³/mol. The molecule has 0 aliphatic carbocycles. The molecule has 0 amide bonds. The predicted octanol–water partition coefficient (Wildman–Crippen LogP) is 1.94. The Hall–Kier alpha value is -0.0100. The number of rotatable bonds is 3. The number of hydrogen-bond acceptors (Lipinski definition) is 1. The van der Waals surface area contributed by atoms with Crippen molar-refractivity contribution in [2.45, 2.75) is 6.42 Å². The van der Waals surface area contributed by atoms with E-state index in [1.165, 1.54) is 6.08 Å². The maximum absolute atomic E-state index is 9.95. The first-order valence-electron chi connectivity index (χ1n) is 2.19. The van der Waals surface area contributed by atoms with E-state index in [-0.39, 0.29) is 0 Å². The van der Waals surface area contributed by atoms with Gasteiger partial charge in [0.05, 0.1) is 0 Å². The van der Waals surface area contributed by atoms with Crippen molar-refractivity contribution in [1.29, 1.82) is 0 Å². The first kappa shape index (κ1) is 7.99. The number of allylic oxidation sites excluding steroid dienone is 2. The van der Waals surface area contributed by atoms with E-state index in [0.717, 1.165) is 0 Å². The van der Waals surface area contributed by atoms with Crippen molar-refractivity contribution in [3.8, 4) is 0 Å². The maximum atomic E-state index is 9.95. The van der Waals surface area contributed by atoms with Crippen LogP contribution in [0.4, 0.5) is 0 Å². The molecule has 0 saturated carbocycles. The number of halogens is 2. The summed E-state index contributed by atoms with van der Waals surface area (Å²) in [7, 11) is 0. The number of carbonyl (C=O) groups is 1. The third kappa shape index (κ3) is 5.99. The molecule has 0 spiro atoms. The summed E-state index contributed by atoms with van der Waals surface area (Å²) >= 11 is 10.2. The summed E-state index contributed by atoms with van der Waals surface area (Å²) in [5, 5.41) is -0.449. The standard InChI is InChI=1S/C5H6Cl2O/c6-4-2-1-3-5(7)8/h1,3H,2,4H2. The van der Waals surface area contributed by atoms with E-state index in [1.54, 1.807) is 6.08 Å². The molecule has 0 unspecified atom stereocenters. The second-order valence-electron chi connectivity index (χ2n) is 1.18. The molecule has 0 aromatic carbocycles. The fourth-order valence-electron chi connectivity index (χ4n) is 0.239. The van der Waals surface area contributed by atoms with E-state index >= 15 is 0 Å². The smallest absolute Gasteiger partial charge is 0.244 e. The quantitative estimate of drug-likeness (QED) is 0.344. The zero-order valence-corrected chi connectivity index (χ0v) is 5.74. The second-order valence-corrected chi connectivity index (χ2v) is 1.93. The van der Waals surface area contributed by atoms with E-state index in [9.17, 15) is 4.79 Å². The van der Waals surface area contributed by atoms with Crippen LogP contribution in [0, 0.1) is 0 Å². The van der Waals surface area contributed by atoms with Crippen LogP contribution < -0.4 is 0 Å². The molecule has 1 nitrogen and oxygen atoms in total. The Labute approximate surface area is 58.3 Å². The Balaban J connectivity index is 3.20. The van der Waals surface area contributed by atoms with Crippen molar-refractivity contribution in [2.24, 2.45) is 0 Å². The van der Waals surface area contributed by atoms with E-state index in [1.807, 2.05) is 0 Å². The molecule has 0 bridgehead atoms. The summed E-state index contributed by atoms with van der Waals surface area (Å²) in [6.07, 6.45) is 3.63. The van der Waals surface area contributed by atoms with Gasteiger partial charge in [-0.3, -0.25) is 4.79 Å². The molecule has 0 aliphatic rings. The van der Waals surface area contributed by atoms with Crippen molar-refractivity contribution in [3.05, 3.63) is 12.2 Å². The highest BCUT2D eigenvalue weighted by molar-refractivity contribution is 6.66. The molecule has 8 heavy (non-hydrogen) atoms. The van der Waals surface area contributed by atoms with Crippen LogP contribution in [0.3, 0.4) is 0 Å². The lowest BCUT2D eigenvalue weighted by Gasteiger charge is -1.77. The molecule has 0 radical (unpaired) electrons. The zero-order valence-electron chi connectivity index (χ0n) is 4.23. The Bertz CT molecular complexity index is 98.6. The lowest BCUT2D eigenvalue weighted by Crippen LogP contribution is -1.74. The Morgan fingerprint density at radius 2 is 2.25 bits per heavy atom. The molecular formula is C5H6Cl2O. The monoisotopic (exact) mass is 152 g/mol. The van der Waals surface area contributed by atoms with Gasteiger partial charge in [-0.05, 0) is 24.1 Å². The van der Waals surface area contributed by atoms with Crippen molar-refractivity contribution in [3.63, 3.8) is 0 Å². The van der Waals surface area contributed by atoms with Gasteiger partial charge in [0.15, 0.2) is 0 Å². The van der Waals surface area contributed by atoms with Crippen LogP contribution in [-0.2, 0) is 4.79 Å². The molecule has 0 heterocycles. The molecular weight excluding hydrogens is 147 g/mol. The molecule has 0 N–H and O–H groups in total. The fourth-order valence-corrected chi connectivity index (χ4v) is 0.454. The summed E-state index contributed by atoms with van der Waals surface area (Å²) in [5.41, 5.74) is 0. The minimum absolute atomic E-state index is 0.449. The van der Waals surface area contributed by atoms with E-state index in [0.29, 0.717) is 12.3 Å². The summed E-state index contributed by atoms with van der Waals surface area (Å²) in [5.74, 6) is 0.528. The Morgan fingerprint density at radius 1 is 1.62 bits per heavy atom. The highest BCUT2D eigenvalue weighted by atomic mass is 35.5. The van der Waals surface area contributed by atoms with Gasteiger partial charge in [0.1, 0.15) is 0 Å². The number of carbonyl (C=O) groups excluding carboxylic acids is 1. The molecule has 0 aromatic heterocycles. The van der Waals surface area contributed by atoms with Gasteiger partial charge >= 0.3 is 0 Å². The molecule has 0 atom stereocenters. The summed E-state index contributed by atoms with van der Waals surface area (Å²) in [6.45, 7) is 0. The molecule has 46 valence electrons. The Morgan fingerprint density at radius 3 is 2.62 bits per heavy atom. The highest BCUT2D eigenvalue weighted by Gasteiger charge is 1.81. The van der Waals surface area contributed by atoms with Gasteiger partial charge in [0, 0.05) is 5.88 Å². The van der Waals surface area contributed by atoms with E-state index in [2.05, 4.69) is 0 Å². The summed E-state index contributed by atoms with van der Waals surface area (Å²) in [4.78, 5) is 9.95. The van der Waals surface area contributed by atoms with Gasteiger partial charge in [0.25, 0.3) is 0 Å². The van der Waals surface area contributed by atoms with E-state index in [4.69, 9.17) is 23.2 Å². The van der Waals surface area contributed by atoms with Crippen molar-refractivity contribution >= 4 is 28.4 Å². The van der Waals surface area contributed by atoms with Crippen molar-refractivity contribution < 1.29 is 4.79 Å². The van der Waals surface area contributed by atoms with Crippen LogP contribution >= 0.6 is 23.2 Å². The minimum Gasteiger partial charge on any atom is -0.276 e. The average molecular weight is 153 g/mol. The van der Waals surface area contributed by atoms with Crippen LogP contribution in [0.25, 0.3) is 0 Å². The van der Waals surface area contributed by atoms with Crippen molar-refractivity contribution in [1.82, 2.24) is 0 Å². The number of alkyl halides is 1. The third-order valence-corrected chi connectivity index (χ3v) is 0.869. The highest BCUT2D eigenvalue weighted by Crippen LogP contribution is 1.88. The normalized spacial score (nSPS) is 10.2. The van der Waals surface area contributed by atoms with Gasteiger partial charge in [-0.15, -0.1) is 11.6 Å². The van der Waals surface area contributed by atoms with Crippen LogP contribution in [0.1, 0.15) is 6.42 Å². The first-order valence-corrected chi connectivity index (χ1v) is 3.10. The third-order valence-electron chi connectivity index (χ3n) is 0.525. The molecule has 0 aromatic rings. The summed E-state index contributed by atoms with van der Waals surface area (Å²) < 4.78 is 0. The first-order chi connectivity index (χ1) is 3.77. The van der Waals surface area contributed by atoms with Crippen molar-refractivity contribution in [2.75, 3.05) is 5.88 Å². The average Bonchev–Trinajstić information content (AvgIpc) is 1.66.